The highest BCUT2D eigenvalue weighted by molar-refractivity contribution is 6.00. The molecule has 0 spiro atoms. The van der Waals surface area contributed by atoms with Crippen LogP contribution in [0.4, 0.5) is 0 Å². The number of esters is 2. The van der Waals surface area contributed by atoms with E-state index in [1.54, 1.807) is 0 Å². The van der Waals surface area contributed by atoms with Crippen molar-refractivity contribution in [3.05, 3.63) is 11.1 Å². The van der Waals surface area contributed by atoms with Crippen LogP contribution >= 0.6 is 0 Å². The molecule has 0 aliphatic rings. The fraction of sp³-hybridized carbons (Fsp3) is 0.789. The van der Waals surface area contributed by atoms with E-state index in [9.17, 15) is 9.59 Å². The summed E-state index contributed by atoms with van der Waals surface area (Å²) < 4.78 is 10.7. The topological polar surface area (TPSA) is 52.6 Å². The Morgan fingerprint density at radius 1 is 0.739 bits per heavy atom. The van der Waals surface area contributed by atoms with E-state index >= 15 is 0 Å². The minimum absolute atomic E-state index is 0.265. The van der Waals surface area contributed by atoms with Crippen LogP contribution in [0.1, 0.15) is 67.7 Å². The van der Waals surface area contributed by atoms with Gasteiger partial charge in [-0.1, -0.05) is 54.9 Å². The van der Waals surface area contributed by atoms with Gasteiger partial charge in [0.05, 0.1) is 13.2 Å². The quantitative estimate of drug-likeness (QED) is 0.437. The fourth-order valence-electron chi connectivity index (χ4n) is 2.02. The average molecular weight is 326 g/mol. The molecule has 0 aromatic rings. The second-order valence-electron chi connectivity index (χ2n) is 7.29. The van der Waals surface area contributed by atoms with Crippen LogP contribution in [0.2, 0.25) is 0 Å². The molecule has 0 aromatic heterocycles. The first-order valence-corrected chi connectivity index (χ1v) is 8.75. The maximum Gasteiger partial charge on any atom is 0.334 e. The summed E-state index contributed by atoms with van der Waals surface area (Å²) in [4.78, 5) is 24.9. The molecule has 0 rings (SSSR count). The second kappa shape index (κ2) is 11.3. The van der Waals surface area contributed by atoms with E-state index in [2.05, 4.69) is 0 Å². The number of carbonyl (C=O) groups excluding carboxylic acids is 2. The van der Waals surface area contributed by atoms with Crippen molar-refractivity contribution in [2.24, 2.45) is 17.8 Å². The zero-order valence-corrected chi connectivity index (χ0v) is 15.9. The SMILES string of the molecule is CCC/C(C(=O)OCC(C)C)=C(\CC(C)C)C(=O)OCC(C)C. The smallest absolute Gasteiger partial charge is 0.334 e. The summed E-state index contributed by atoms with van der Waals surface area (Å²) in [5.74, 6) is 0.0430. The summed E-state index contributed by atoms with van der Waals surface area (Å²) in [7, 11) is 0. The number of rotatable bonds is 10. The first-order valence-electron chi connectivity index (χ1n) is 8.75. The lowest BCUT2D eigenvalue weighted by molar-refractivity contribution is -0.143. The van der Waals surface area contributed by atoms with Crippen molar-refractivity contribution in [2.75, 3.05) is 13.2 Å². The first kappa shape index (κ1) is 21.7. The molecule has 0 amide bonds. The summed E-state index contributed by atoms with van der Waals surface area (Å²) in [6, 6.07) is 0. The molecule has 23 heavy (non-hydrogen) atoms. The average Bonchev–Trinajstić information content (AvgIpc) is 2.45. The van der Waals surface area contributed by atoms with E-state index in [0.717, 1.165) is 6.42 Å². The Bertz CT molecular complexity index is 406. The lowest BCUT2D eigenvalue weighted by Crippen LogP contribution is -2.20. The molecule has 0 aromatic carbocycles. The zero-order valence-electron chi connectivity index (χ0n) is 15.9. The predicted molar refractivity (Wildman–Crippen MR) is 93.0 cm³/mol. The van der Waals surface area contributed by atoms with Gasteiger partial charge >= 0.3 is 11.9 Å². The van der Waals surface area contributed by atoms with Gasteiger partial charge in [-0.15, -0.1) is 0 Å². The second-order valence-corrected chi connectivity index (χ2v) is 7.29. The predicted octanol–water partition coefficient (Wildman–Crippen LogP) is 4.53. The number of ether oxygens (including phenoxy) is 2. The van der Waals surface area contributed by atoms with E-state index in [-0.39, 0.29) is 29.7 Å². The molecule has 0 saturated carbocycles. The maximum atomic E-state index is 12.5. The van der Waals surface area contributed by atoms with Gasteiger partial charge < -0.3 is 9.47 Å². The Morgan fingerprint density at radius 3 is 1.52 bits per heavy atom. The third kappa shape index (κ3) is 9.42. The van der Waals surface area contributed by atoms with Crippen LogP contribution in [0, 0.1) is 17.8 Å². The van der Waals surface area contributed by atoms with Crippen molar-refractivity contribution in [1.82, 2.24) is 0 Å². The number of carbonyl (C=O) groups is 2. The van der Waals surface area contributed by atoms with Crippen molar-refractivity contribution in [1.29, 1.82) is 0 Å². The molecule has 0 unspecified atom stereocenters. The molecule has 0 atom stereocenters. The van der Waals surface area contributed by atoms with Gasteiger partial charge in [-0.25, -0.2) is 9.59 Å². The zero-order chi connectivity index (χ0) is 18.0. The minimum atomic E-state index is -0.377. The van der Waals surface area contributed by atoms with Crippen molar-refractivity contribution in [3.8, 4) is 0 Å². The lowest BCUT2D eigenvalue weighted by atomic mass is 9.95. The summed E-state index contributed by atoms with van der Waals surface area (Å²) in [5.41, 5.74) is 0.965. The number of hydrogen-bond acceptors (Lipinski definition) is 4. The molecule has 0 aliphatic heterocycles. The Morgan fingerprint density at radius 2 is 1.17 bits per heavy atom. The van der Waals surface area contributed by atoms with Crippen LogP contribution in [0.5, 0.6) is 0 Å². The highest BCUT2D eigenvalue weighted by Gasteiger charge is 2.24. The fourth-order valence-corrected chi connectivity index (χ4v) is 2.02. The van der Waals surface area contributed by atoms with Crippen LogP contribution in [-0.4, -0.2) is 25.2 Å². The Hall–Kier alpha value is -1.32. The molecule has 0 N–H and O–H groups in total. The highest BCUT2D eigenvalue weighted by Crippen LogP contribution is 2.22. The van der Waals surface area contributed by atoms with Crippen LogP contribution in [-0.2, 0) is 19.1 Å². The van der Waals surface area contributed by atoms with E-state index < -0.39 is 0 Å². The summed E-state index contributed by atoms with van der Waals surface area (Å²) in [6.07, 6.45) is 1.85. The first-order chi connectivity index (χ1) is 10.7. The van der Waals surface area contributed by atoms with Gasteiger partial charge in [0.2, 0.25) is 0 Å². The summed E-state index contributed by atoms with van der Waals surface area (Å²) in [5, 5.41) is 0. The number of hydrogen-bond donors (Lipinski definition) is 0. The van der Waals surface area contributed by atoms with Gasteiger partial charge in [0.25, 0.3) is 0 Å². The van der Waals surface area contributed by atoms with Crippen LogP contribution in [0.25, 0.3) is 0 Å². The molecule has 134 valence electrons. The standard InChI is InChI=1S/C19H34O4/c1-8-9-16(18(20)22-11-14(4)5)17(10-13(2)3)19(21)23-12-15(6)7/h13-15H,8-12H2,1-7H3/b17-16-. The van der Waals surface area contributed by atoms with Crippen molar-refractivity contribution >= 4 is 11.9 Å². The Balaban J connectivity index is 5.41. The molecule has 0 radical (unpaired) electrons. The molecule has 0 heterocycles. The van der Waals surface area contributed by atoms with Crippen LogP contribution in [0.3, 0.4) is 0 Å². The van der Waals surface area contributed by atoms with Crippen molar-refractivity contribution < 1.29 is 19.1 Å². The normalized spacial score (nSPS) is 12.6. The molecule has 4 heteroatoms. The van der Waals surface area contributed by atoms with Gasteiger partial charge in [-0.05, 0) is 30.6 Å². The van der Waals surface area contributed by atoms with Gasteiger partial charge in [-0.2, -0.15) is 0 Å². The van der Waals surface area contributed by atoms with E-state index in [1.165, 1.54) is 0 Å². The maximum absolute atomic E-state index is 12.5. The highest BCUT2D eigenvalue weighted by atomic mass is 16.5. The molecule has 0 saturated heterocycles. The molecular weight excluding hydrogens is 292 g/mol. The molecule has 0 fully saturated rings. The van der Waals surface area contributed by atoms with Crippen molar-refractivity contribution in [2.45, 2.75) is 67.7 Å². The largest absolute Gasteiger partial charge is 0.462 e. The van der Waals surface area contributed by atoms with E-state index in [4.69, 9.17) is 9.47 Å². The van der Waals surface area contributed by atoms with E-state index in [0.29, 0.717) is 37.2 Å². The van der Waals surface area contributed by atoms with Gasteiger partial charge in [-0.3, -0.25) is 0 Å². The summed E-state index contributed by atoms with van der Waals surface area (Å²) in [6.45, 7) is 14.7. The molecule has 0 aliphatic carbocycles. The molecule has 0 bridgehead atoms. The Kier molecular flexibility index (Phi) is 10.6. The Labute approximate surface area is 141 Å². The monoisotopic (exact) mass is 326 g/mol. The van der Waals surface area contributed by atoms with Crippen LogP contribution in [0.15, 0.2) is 11.1 Å². The van der Waals surface area contributed by atoms with Gasteiger partial charge in [0, 0.05) is 11.1 Å². The lowest BCUT2D eigenvalue weighted by Gasteiger charge is -2.17. The molecule has 4 nitrogen and oxygen atoms in total. The van der Waals surface area contributed by atoms with Crippen LogP contribution < -0.4 is 0 Å². The minimum Gasteiger partial charge on any atom is -0.462 e. The van der Waals surface area contributed by atoms with Gasteiger partial charge in [0.15, 0.2) is 0 Å². The molecular formula is C19H34O4. The van der Waals surface area contributed by atoms with Gasteiger partial charge in [0.1, 0.15) is 0 Å². The third-order valence-corrected chi connectivity index (χ3v) is 3.06. The summed E-state index contributed by atoms with van der Waals surface area (Å²) >= 11 is 0. The third-order valence-electron chi connectivity index (χ3n) is 3.06. The van der Waals surface area contributed by atoms with Crippen molar-refractivity contribution in [3.63, 3.8) is 0 Å². The van der Waals surface area contributed by atoms with E-state index in [1.807, 2.05) is 48.5 Å².